The lowest BCUT2D eigenvalue weighted by atomic mass is 9.47. The molecule has 0 aromatic heterocycles. The minimum atomic E-state index is -0.145. The summed E-state index contributed by atoms with van der Waals surface area (Å²) in [6.45, 7) is 13.5. The standard InChI is InChI=1S/C31H47NO4/c1-18(17-32-20(3)33)7-10-27-19(2)29-28(36-27)16-26-24-9-8-22-15-23(35-21(4)34)11-13-30(22,5)25(24)12-14-31(26,29)6/h8,18,23-26,28-29H,7,9-17H2,1-6H3,(H,32,33)/t18-,23-,24-,25+,26-,28+,29-,30+,31+/m1/s1. The van der Waals surface area contributed by atoms with E-state index < -0.39 is 0 Å². The smallest absolute Gasteiger partial charge is 0.302 e. The van der Waals surface area contributed by atoms with Crippen LogP contribution >= 0.6 is 0 Å². The number of nitrogens with one attached hydrogen (secondary N) is 1. The van der Waals surface area contributed by atoms with Crippen LogP contribution in [0.4, 0.5) is 0 Å². The maximum absolute atomic E-state index is 11.5. The Morgan fingerprint density at radius 1 is 1.19 bits per heavy atom. The molecule has 200 valence electrons. The first kappa shape index (κ1) is 25.9. The molecule has 0 radical (unpaired) electrons. The lowest BCUT2D eigenvalue weighted by molar-refractivity contribution is -0.148. The van der Waals surface area contributed by atoms with Gasteiger partial charge in [0.05, 0.1) is 5.76 Å². The van der Waals surface area contributed by atoms with Crippen LogP contribution < -0.4 is 5.32 Å². The van der Waals surface area contributed by atoms with Gasteiger partial charge >= 0.3 is 5.97 Å². The number of hydrogen-bond acceptors (Lipinski definition) is 4. The Labute approximate surface area is 217 Å². The van der Waals surface area contributed by atoms with Crippen LogP contribution in [-0.4, -0.2) is 30.6 Å². The van der Waals surface area contributed by atoms with Crippen LogP contribution in [0.25, 0.3) is 0 Å². The first-order chi connectivity index (χ1) is 17.0. The van der Waals surface area contributed by atoms with Gasteiger partial charge in [0.15, 0.2) is 0 Å². The molecule has 0 spiro atoms. The number of rotatable bonds is 6. The van der Waals surface area contributed by atoms with Crippen molar-refractivity contribution in [1.82, 2.24) is 5.32 Å². The zero-order valence-corrected chi connectivity index (χ0v) is 23.3. The Kier molecular flexibility index (Phi) is 6.83. The predicted molar refractivity (Wildman–Crippen MR) is 141 cm³/mol. The second-order valence-corrected chi connectivity index (χ2v) is 13.3. The molecule has 0 aromatic carbocycles. The van der Waals surface area contributed by atoms with E-state index in [-0.39, 0.29) is 23.4 Å². The van der Waals surface area contributed by atoms with Crippen molar-refractivity contribution >= 4 is 11.9 Å². The van der Waals surface area contributed by atoms with E-state index >= 15 is 0 Å². The summed E-state index contributed by atoms with van der Waals surface area (Å²) in [6.07, 6.45) is 13.0. The van der Waals surface area contributed by atoms with Crippen LogP contribution in [0.2, 0.25) is 0 Å². The molecule has 1 aliphatic heterocycles. The number of allylic oxidation sites excluding steroid dienone is 2. The second kappa shape index (κ2) is 9.51. The largest absolute Gasteiger partial charge is 0.494 e. The predicted octanol–water partition coefficient (Wildman–Crippen LogP) is 6.33. The van der Waals surface area contributed by atoms with Crippen LogP contribution in [-0.2, 0) is 19.1 Å². The van der Waals surface area contributed by atoms with E-state index in [0.29, 0.717) is 23.4 Å². The average Bonchev–Trinajstić information content (AvgIpc) is 3.29. The summed E-state index contributed by atoms with van der Waals surface area (Å²) in [5, 5.41) is 2.95. The van der Waals surface area contributed by atoms with Gasteiger partial charge in [-0.1, -0.05) is 32.4 Å². The molecule has 1 heterocycles. The molecule has 5 aliphatic rings. The molecule has 5 rings (SSSR count). The fraction of sp³-hybridized carbons (Fsp3) is 0.806. The van der Waals surface area contributed by atoms with E-state index in [1.807, 2.05) is 0 Å². The van der Waals surface area contributed by atoms with Crippen molar-refractivity contribution in [3.63, 3.8) is 0 Å². The van der Waals surface area contributed by atoms with E-state index in [1.54, 1.807) is 12.5 Å². The molecule has 0 bridgehead atoms. The molecular weight excluding hydrogens is 450 g/mol. The van der Waals surface area contributed by atoms with E-state index in [9.17, 15) is 9.59 Å². The Balaban J connectivity index is 1.29. The summed E-state index contributed by atoms with van der Waals surface area (Å²) in [5.41, 5.74) is 3.66. The Morgan fingerprint density at radius 3 is 2.69 bits per heavy atom. The molecule has 1 N–H and O–H groups in total. The summed E-state index contributed by atoms with van der Waals surface area (Å²) in [6, 6.07) is 0. The molecule has 36 heavy (non-hydrogen) atoms. The highest BCUT2D eigenvalue weighted by Gasteiger charge is 2.63. The summed E-state index contributed by atoms with van der Waals surface area (Å²) in [4.78, 5) is 22.8. The number of hydrogen-bond donors (Lipinski definition) is 1. The fourth-order valence-corrected chi connectivity index (χ4v) is 9.34. The third-order valence-corrected chi connectivity index (χ3v) is 11.2. The fourth-order valence-electron chi connectivity index (χ4n) is 9.34. The Hall–Kier alpha value is -1.78. The van der Waals surface area contributed by atoms with Crippen LogP contribution in [0.1, 0.15) is 99.3 Å². The van der Waals surface area contributed by atoms with Gasteiger partial charge in [-0.3, -0.25) is 9.59 Å². The van der Waals surface area contributed by atoms with Crippen molar-refractivity contribution in [1.29, 1.82) is 0 Å². The Morgan fingerprint density at radius 2 is 1.97 bits per heavy atom. The number of esters is 1. The van der Waals surface area contributed by atoms with E-state index in [4.69, 9.17) is 9.47 Å². The SMILES string of the molecule is CC(=O)NC[C@H](C)CCC1=C(C)[C@@H]2[C@H](C[C@@H]3[C@@H]4CC=C5C[C@H](OC(C)=O)CC[C@]5(C)[C@H]4CC[C@@]32C)O1. The molecule has 5 nitrogen and oxygen atoms in total. The Bertz CT molecular complexity index is 968. The van der Waals surface area contributed by atoms with Gasteiger partial charge in [-0.15, -0.1) is 0 Å². The maximum Gasteiger partial charge on any atom is 0.302 e. The monoisotopic (exact) mass is 497 g/mol. The van der Waals surface area contributed by atoms with Crippen molar-refractivity contribution < 1.29 is 19.1 Å². The molecular formula is C31H47NO4. The van der Waals surface area contributed by atoms with Crippen molar-refractivity contribution in [2.45, 2.75) is 112 Å². The van der Waals surface area contributed by atoms with Gasteiger partial charge in [0, 0.05) is 39.2 Å². The average molecular weight is 498 g/mol. The minimum absolute atomic E-state index is 0.0504. The van der Waals surface area contributed by atoms with Gasteiger partial charge in [-0.25, -0.2) is 0 Å². The second-order valence-electron chi connectivity index (χ2n) is 13.3. The molecule has 3 saturated carbocycles. The third kappa shape index (κ3) is 4.32. The first-order valence-corrected chi connectivity index (χ1v) is 14.5. The molecule has 1 amide bonds. The van der Waals surface area contributed by atoms with Crippen LogP contribution in [0.5, 0.6) is 0 Å². The number of ether oxygens (including phenoxy) is 2. The molecule has 0 unspecified atom stereocenters. The van der Waals surface area contributed by atoms with E-state index in [2.05, 4.69) is 39.1 Å². The molecule has 9 atom stereocenters. The summed E-state index contributed by atoms with van der Waals surface area (Å²) >= 11 is 0. The van der Waals surface area contributed by atoms with Crippen LogP contribution in [0.3, 0.4) is 0 Å². The molecule has 0 aromatic rings. The number of carbonyl (C=O) groups is 2. The molecule has 0 saturated heterocycles. The van der Waals surface area contributed by atoms with Gasteiger partial charge < -0.3 is 14.8 Å². The van der Waals surface area contributed by atoms with Crippen LogP contribution in [0.15, 0.2) is 23.0 Å². The summed E-state index contributed by atoms with van der Waals surface area (Å²) in [5.74, 6) is 4.37. The van der Waals surface area contributed by atoms with Crippen molar-refractivity contribution in [3.8, 4) is 0 Å². The van der Waals surface area contributed by atoms with Crippen molar-refractivity contribution in [2.75, 3.05) is 6.54 Å². The van der Waals surface area contributed by atoms with Gasteiger partial charge in [0.25, 0.3) is 0 Å². The quantitative estimate of drug-likeness (QED) is 0.344. The highest BCUT2D eigenvalue weighted by Crippen LogP contribution is 2.69. The van der Waals surface area contributed by atoms with Crippen LogP contribution in [0, 0.1) is 40.4 Å². The van der Waals surface area contributed by atoms with E-state index in [0.717, 1.165) is 56.4 Å². The highest BCUT2D eigenvalue weighted by molar-refractivity contribution is 5.72. The maximum atomic E-state index is 11.5. The van der Waals surface area contributed by atoms with Gasteiger partial charge in [-0.05, 0) is 91.9 Å². The summed E-state index contributed by atoms with van der Waals surface area (Å²) < 4.78 is 12.3. The topological polar surface area (TPSA) is 64.6 Å². The van der Waals surface area contributed by atoms with Crippen molar-refractivity contribution in [2.24, 2.45) is 40.4 Å². The minimum Gasteiger partial charge on any atom is -0.494 e. The molecule has 4 aliphatic carbocycles. The van der Waals surface area contributed by atoms with Gasteiger partial charge in [0.2, 0.25) is 5.91 Å². The lowest BCUT2D eigenvalue weighted by Crippen LogP contribution is -2.50. The van der Waals surface area contributed by atoms with Gasteiger partial charge in [0.1, 0.15) is 12.2 Å². The third-order valence-electron chi connectivity index (χ3n) is 11.2. The number of amides is 1. The number of fused-ring (bicyclic) bond motifs is 7. The zero-order chi connectivity index (χ0) is 25.8. The summed E-state index contributed by atoms with van der Waals surface area (Å²) in [7, 11) is 0. The van der Waals surface area contributed by atoms with Crippen molar-refractivity contribution in [3.05, 3.63) is 23.0 Å². The molecule has 3 fully saturated rings. The highest BCUT2D eigenvalue weighted by atomic mass is 16.5. The molecule has 5 heteroatoms. The lowest BCUT2D eigenvalue weighted by Gasteiger charge is -2.58. The first-order valence-electron chi connectivity index (χ1n) is 14.5. The van der Waals surface area contributed by atoms with E-state index in [1.165, 1.54) is 43.9 Å². The zero-order valence-electron chi connectivity index (χ0n) is 23.3. The normalized spacial score (nSPS) is 41.8. The number of carbonyl (C=O) groups excluding carboxylic acids is 2. The van der Waals surface area contributed by atoms with Gasteiger partial charge in [-0.2, -0.15) is 0 Å².